The van der Waals surface area contributed by atoms with E-state index < -0.39 is 49.2 Å². The molecule has 0 amide bonds. The van der Waals surface area contributed by atoms with Gasteiger partial charge in [-0.3, -0.25) is 0 Å². The van der Waals surface area contributed by atoms with Gasteiger partial charge in [0.15, 0.2) is 0 Å². The zero-order valence-electron chi connectivity index (χ0n) is 13.3. The highest BCUT2D eigenvalue weighted by Crippen LogP contribution is 2.31. The first kappa shape index (κ1) is 20.0. The van der Waals surface area contributed by atoms with Gasteiger partial charge < -0.3 is 30.3 Å². The molecule has 8 nitrogen and oxygen atoms in total. The number of carbonyl (C=O) groups is 2. The third-order valence-corrected chi connectivity index (χ3v) is 4.25. The van der Waals surface area contributed by atoms with E-state index in [1.807, 2.05) is 0 Å². The Morgan fingerprint density at radius 2 is 1.58 bits per heavy atom. The number of esters is 1. The maximum atomic E-state index is 11.9. The van der Waals surface area contributed by atoms with Gasteiger partial charge in [0.1, 0.15) is 6.61 Å². The second kappa shape index (κ2) is 8.74. The van der Waals surface area contributed by atoms with E-state index in [0.717, 1.165) is 0 Å². The van der Waals surface area contributed by atoms with Crippen LogP contribution >= 0.6 is 0 Å². The molecule has 2 unspecified atom stereocenters. The molecule has 0 radical (unpaired) electrons. The molecule has 0 bridgehead atoms. The van der Waals surface area contributed by atoms with Crippen molar-refractivity contribution in [3.05, 3.63) is 35.4 Å². The van der Waals surface area contributed by atoms with E-state index in [4.69, 9.17) is 9.84 Å². The number of aliphatic hydroxyl groups is 4. The zero-order chi connectivity index (χ0) is 18.3. The molecule has 134 valence electrons. The smallest absolute Gasteiger partial charge is 0.338 e. The van der Waals surface area contributed by atoms with Gasteiger partial charge in [0, 0.05) is 6.61 Å². The summed E-state index contributed by atoms with van der Waals surface area (Å²) in [6.45, 7) is -0.523. The summed E-state index contributed by atoms with van der Waals surface area (Å²) in [6, 6.07) is 5.05. The monoisotopic (exact) mass is 342 g/mol. The van der Waals surface area contributed by atoms with Crippen LogP contribution in [0.4, 0.5) is 0 Å². The van der Waals surface area contributed by atoms with E-state index in [0.29, 0.717) is 0 Å². The molecule has 2 atom stereocenters. The van der Waals surface area contributed by atoms with Crippen molar-refractivity contribution in [1.82, 2.24) is 0 Å². The quantitative estimate of drug-likeness (QED) is 0.378. The molecule has 0 saturated heterocycles. The van der Waals surface area contributed by atoms with Crippen LogP contribution in [-0.2, 0) is 4.74 Å². The molecular weight excluding hydrogens is 320 g/mol. The molecule has 1 aromatic rings. The van der Waals surface area contributed by atoms with E-state index in [9.17, 15) is 30.0 Å². The number of ether oxygens (including phenoxy) is 1. The topological polar surface area (TPSA) is 145 Å². The van der Waals surface area contributed by atoms with E-state index in [1.54, 1.807) is 6.92 Å². The highest BCUT2D eigenvalue weighted by Gasteiger charge is 2.42. The van der Waals surface area contributed by atoms with E-state index in [-0.39, 0.29) is 17.7 Å². The average molecular weight is 342 g/mol. The Bertz CT molecular complexity index is 550. The van der Waals surface area contributed by atoms with E-state index >= 15 is 0 Å². The number of aromatic carboxylic acids is 1. The van der Waals surface area contributed by atoms with Gasteiger partial charge in [-0.15, -0.1) is 0 Å². The summed E-state index contributed by atoms with van der Waals surface area (Å²) in [5, 5.41) is 47.2. The molecule has 1 aromatic carbocycles. The minimum absolute atomic E-state index is 0.0166. The van der Waals surface area contributed by atoms with Crippen molar-refractivity contribution in [3.8, 4) is 0 Å². The van der Waals surface area contributed by atoms with Gasteiger partial charge in [0.05, 0.1) is 35.9 Å². The second-order valence-corrected chi connectivity index (χ2v) is 5.63. The van der Waals surface area contributed by atoms with Crippen LogP contribution < -0.4 is 0 Å². The molecule has 24 heavy (non-hydrogen) atoms. The van der Waals surface area contributed by atoms with Crippen LogP contribution in [0.5, 0.6) is 0 Å². The lowest BCUT2D eigenvalue weighted by Gasteiger charge is -2.38. The molecular formula is C16H22O8. The van der Waals surface area contributed by atoms with Crippen molar-refractivity contribution < 1.29 is 39.9 Å². The molecule has 0 aliphatic heterocycles. The van der Waals surface area contributed by atoms with Crippen LogP contribution in [0.15, 0.2) is 24.3 Å². The van der Waals surface area contributed by atoms with Gasteiger partial charge in [0.25, 0.3) is 0 Å². The Morgan fingerprint density at radius 1 is 1.08 bits per heavy atom. The van der Waals surface area contributed by atoms with Gasteiger partial charge in [-0.2, -0.15) is 0 Å². The van der Waals surface area contributed by atoms with Crippen molar-refractivity contribution >= 4 is 11.9 Å². The summed E-state index contributed by atoms with van der Waals surface area (Å²) in [5.74, 6) is -2.54. The molecule has 0 heterocycles. The van der Waals surface area contributed by atoms with Crippen LogP contribution in [0, 0.1) is 11.3 Å². The number of benzene rings is 1. The maximum Gasteiger partial charge on any atom is 0.338 e. The largest absolute Gasteiger partial charge is 0.478 e. The first-order valence-electron chi connectivity index (χ1n) is 7.33. The standard InChI is InChI=1S/C16H22O8/c1-10(6-17)16(8-18,9-19)13(20)7-24-15(23)12-4-2-11(3-5-12)14(21)22/h2-5,10,13,17-20H,6-9H2,1H3,(H,21,22). The Morgan fingerprint density at radius 3 is 2.00 bits per heavy atom. The SMILES string of the molecule is CC(CO)C(CO)(CO)C(O)COC(=O)c1ccc(C(=O)O)cc1. The first-order chi connectivity index (χ1) is 11.3. The lowest BCUT2D eigenvalue weighted by Crippen LogP contribution is -2.50. The zero-order valence-corrected chi connectivity index (χ0v) is 13.3. The van der Waals surface area contributed by atoms with Crippen LogP contribution in [0.3, 0.4) is 0 Å². The number of aliphatic hydroxyl groups excluding tert-OH is 4. The van der Waals surface area contributed by atoms with Crippen molar-refractivity contribution in [3.63, 3.8) is 0 Å². The number of rotatable bonds is 9. The van der Waals surface area contributed by atoms with Crippen molar-refractivity contribution in [1.29, 1.82) is 0 Å². The third-order valence-electron chi connectivity index (χ3n) is 4.25. The molecule has 0 aliphatic rings. The summed E-state index contributed by atoms with van der Waals surface area (Å²) < 4.78 is 4.95. The van der Waals surface area contributed by atoms with Gasteiger partial charge in [-0.25, -0.2) is 9.59 Å². The van der Waals surface area contributed by atoms with Gasteiger partial charge >= 0.3 is 11.9 Å². The van der Waals surface area contributed by atoms with E-state index in [2.05, 4.69) is 0 Å². The summed E-state index contributed by atoms with van der Waals surface area (Å²) in [4.78, 5) is 22.7. The van der Waals surface area contributed by atoms with Gasteiger partial charge in [0.2, 0.25) is 0 Å². The number of carboxylic acids is 1. The Hall–Kier alpha value is -2.00. The molecule has 1 rings (SSSR count). The molecule has 0 saturated carbocycles. The molecule has 0 fully saturated rings. The van der Waals surface area contributed by atoms with Crippen LogP contribution in [0.25, 0.3) is 0 Å². The first-order valence-corrected chi connectivity index (χ1v) is 7.33. The van der Waals surface area contributed by atoms with Gasteiger partial charge in [-0.1, -0.05) is 6.92 Å². The highest BCUT2D eigenvalue weighted by molar-refractivity contribution is 5.92. The van der Waals surface area contributed by atoms with Crippen molar-refractivity contribution in [2.24, 2.45) is 11.3 Å². The Kier molecular flexibility index (Phi) is 7.30. The molecule has 0 aromatic heterocycles. The predicted octanol–water partition coefficient (Wildman–Crippen LogP) is -0.498. The number of carbonyl (C=O) groups excluding carboxylic acids is 1. The maximum absolute atomic E-state index is 11.9. The highest BCUT2D eigenvalue weighted by atomic mass is 16.5. The number of hydrogen-bond acceptors (Lipinski definition) is 7. The average Bonchev–Trinajstić information content (AvgIpc) is 2.60. The minimum Gasteiger partial charge on any atom is -0.478 e. The van der Waals surface area contributed by atoms with Crippen molar-refractivity contribution in [2.75, 3.05) is 26.4 Å². The summed E-state index contributed by atoms with van der Waals surface area (Å²) in [6.07, 6.45) is -1.39. The minimum atomic E-state index is -1.41. The summed E-state index contributed by atoms with van der Waals surface area (Å²) in [5.41, 5.74) is -1.30. The van der Waals surface area contributed by atoms with Crippen molar-refractivity contribution in [2.45, 2.75) is 13.0 Å². The Labute approximate surface area is 138 Å². The summed E-state index contributed by atoms with van der Waals surface area (Å²) in [7, 11) is 0. The fourth-order valence-electron chi connectivity index (χ4n) is 2.24. The fourth-order valence-corrected chi connectivity index (χ4v) is 2.24. The number of carboxylic acid groups (broad SMARTS) is 1. The predicted molar refractivity (Wildman–Crippen MR) is 82.5 cm³/mol. The van der Waals surface area contributed by atoms with Crippen LogP contribution in [0.1, 0.15) is 27.6 Å². The molecule has 5 N–H and O–H groups in total. The third kappa shape index (κ3) is 4.30. The Balaban J connectivity index is 2.75. The summed E-state index contributed by atoms with van der Waals surface area (Å²) >= 11 is 0. The molecule has 0 aliphatic carbocycles. The fraction of sp³-hybridized carbons (Fsp3) is 0.500. The van der Waals surface area contributed by atoms with Gasteiger partial charge in [-0.05, 0) is 30.2 Å². The molecule has 0 spiro atoms. The lowest BCUT2D eigenvalue weighted by molar-refractivity contribution is -0.115. The van der Waals surface area contributed by atoms with E-state index in [1.165, 1.54) is 24.3 Å². The van der Waals surface area contributed by atoms with Crippen LogP contribution in [-0.4, -0.2) is 70.0 Å². The lowest BCUT2D eigenvalue weighted by atomic mass is 9.73. The molecule has 8 heteroatoms. The van der Waals surface area contributed by atoms with Crippen LogP contribution in [0.2, 0.25) is 0 Å². The number of hydrogen-bond donors (Lipinski definition) is 5. The second-order valence-electron chi connectivity index (χ2n) is 5.63. The normalized spacial score (nSPS) is 14.0.